The number of fused-ring (bicyclic) bond motifs is 9. The highest BCUT2D eigenvalue weighted by atomic mass is 16.6. The molecule has 180 valence electrons. The first-order chi connectivity index (χ1) is 16.3. The number of hydrogen-bond donors (Lipinski definition) is 3. The lowest BCUT2D eigenvalue weighted by Gasteiger charge is -2.23. The number of carbonyl (C=O) groups is 2. The van der Waals surface area contributed by atoms with Crippen molar-refractivity contribution in [1.29, 1.82) is 0 Å². The predicted octanol–water partition coefficient (Wildman–Crippen LogP) is 2.92. The first kappa shape index (κ1) is 22.2. The van der Waals surface area contributed by atoms with Crippen LogP contribution in [0.15, 0.2) is 24.5 Å². The summed E-state index contributed by atoms with van der Waals surface area (Å²) < 4.78 is 9.20. The third-order valence-corrected chi connectivity index (χ3v) is 6.22. The molecule has 5 rings (SSSR count). The SMILES string of the molecule is CC(C)(C)n1nc2cc1Nc1nc(cn3nccc13)C(=O)NCCCNC(=O)O[C@@H]1CC[C@H]2C1. The maximum absolute atomic E-state index is 12.8. The number of alkyl carbamates (subject to hydrolysis) is 1. The van der Waals surface area contributed by atoms with E-state index in [0.29, 0.717) is 25.3 Å². The Morgan fingerprint density at radius 3 is 2.79 bits per heavy atom. The third-order valence-electron chi connectivity index (χ3n) is 6.22. The summed E-state index contributed by atoms with van der Waals surface area (Å²) in [6, 6.07) is 3.88. The van der Waals surface area contributed by atoms with Crippen LogP contribution in [0.3, 0.4) is 0 Å². The van der Waals surface area contributed by atoms with E-state index < -0.39 is 6.09 Å². The molecule has 11 heteroatoms. The molecule has 2 atom stereocenters. The fourth-order valence-corrected chi connectivity index (χ4v) is 4.53. The number of nitrogens with one attached hydrogen (secondary N) is 3. The number of ether oxygens (including phenoxy) is 1. The van der Waals surface area contributed by atoms with Crippen LogP contribution < -0.4 is 16.0 Å². The van der Waals surface area contributed by atoms with Gasteiger partial charge >= 0.3 is 6.09 Å². The summed E-state index contributed by atoms with van der Waals surface area (Å²) in [5, 5.41) is 18.3. The summed E-state index contributed by atoms with van der Waals surface area (Å²) in [7, 11) is 0. The average molecular weight is 467 g/mol. The average Bonchev–Trinajstić information content (AvgIpc) is 3.51. The smallest absolute Gasteiger partial charge is 0.407 e. The maximum Gasteiger partial charge on any atom is 0.407 e. The first-order valence-electron chi connectivity index (χ1n) is 11.7. The third kappa shape index (κ3) is 4.42. The number of rotatable bonds is 0. The topological polar surface area (TPSA) is 127 Å². The van der Waals surface area contributed by atoms with E-state index in [2.05, 4.69) is 46.8 Å². The van der Waals surface area contributed by atoms with Gasteiger partial charge < -0.3 is 20.7 Å². The normalized spacial score (nSPS) is 21.7. The highest BCUT2D eigenvalue weighted by molar-refractivity contribution is 5.93. The molecule has 0 aromatic carbocycles. The van der Waals surface area contributed by atoms with Gasteiger partial charge in [-0.05, 0) is 52.5 Å². The summed E-state index contributed by atoms with van der Waals surface area (Å²) in [6.07, 6.45) is 5.75. The van der Waals surface area contributed by atoms with Gasteiger partial charge in [-0.2, -0.15) is 10.2 Å². The van der Waals surface area contributed by atoms with E-state index in [9.17, 15) is 9.59 Å². The van der Waals surface area contributed by atoms with E-state index in [0.717, 1.165) is 36.3 Å². The van der Waals surface area contributed by atoms with Crippen molar-refractivity contribution in [3.05, 3.63) is 35.9 Å². The van der Waals surface area contributed by atoms with Crippen LogP contribution in [0.1, 0.15) is 68.6 Å². The van der Waals surface area contributed by atoms with Crippen LogP contribution in [-0.2, 0) is 10.3 Å². The van der Waals surface area contributed by atoms with Gasteiger partial charge in [-0.3, -0.25) is 4.79 Å². The summed E-state index contributed by atoms with van der Waals surface area (Å²) in [5.41, 5.74) is 1.65. The summed E-state index contributed by atoms with van der Waals surface area (Å²) >= 11 is 0. The number of nitrogens with zero attached hydrogens (tertiary/aromatic N) is 5. The summed E-state index contributed by atoms with van der Waals surface area (Å²) in [4.78, 5) is 29.6. The molecule has 34 heavy (non-hydrogen) atoms. The van der Waals surface area contributed by atoms with Crippen LogP contribution in [0.4, 0.5) is 16.4 Å². The number of carbonyl (C=O) groups excluding carboxylic acids is 2. The van der Waals surface area contributed by atoms with E-state index >= 15 is 0 Å². The van der Waals surface area contributed by atoms with E-state index in [1.807, 2.05) is 16.8 Å². The largest absolute Gasteiger partial charge is 0.446 e. The van der Waals surface area contributed by atoms with Crippen molar-refractivity contribution in [2.24, 2.45) is 0 Å². The van der Waals surface area contributed by atoms with Gasteiger partial charge in [0.1, 0.15) is 23.1 Å². The molecule has 3 N–H and O–H groups in total. The Morgan fingerprint density at radius 2 is 1.97 bits per heavy atom. The quantitative estimate of drug-likeness (QED) is 0.465. The van der Waals surface area contributed by atoms with Crippen molar-refractivity contribution in [3.63, 3.8) is 0 Å². The zero-order chi connectivity index (χ0) is 23.9. The lowest BCUT2D eigenvalue weighted by Crippen LogP contribution is -2.32. The molecule has 11 nitrogen and oxygen atoms in total. The molecule has 2 aliphatic rings. The number of aromatic nitrogens is 5. The molecule has 0 unspecified atom stereocenters. The molecular formula is C23H30N8O3. The minimum absolute atomic E-state index is 0.135. The van der Waals surface area contributed by atoms with E-state index in [-0.39, 0.29) is 29.2 Å². The van der Waals surface area contributed by atoms with Crippen molar-refractivity contribution >= 4 is 29.2 Å². The van der Waals surface area contributed by atoms with Gasteiger partial charge in [0, 0.05) is 25.1 Å². The highest BCUT2D eigenvalue weighted by Gasteiger charge is 2.32. The van der Waals surface area contributed by atoms with Gasteiger partial charge in [-0.15, -0.1) is 0 Å². The summed E-state index contributed by atoms with van der Waals surface area (Å²) in [5.74, 6) is 1.19. The minimum atomic E-state index is -0.420. The zero-order valence-corrected chi connectivity index (χ0v) is 19.7. The fraction of sp³-hybridized carbons (Fsp3) is 0.522. The molecule has 2 amide bonds. The second kappa shape index (κ2) is 8.62. The van der Waals surface area contributed by atoms with Gasteiger partial charge in [0.05, 0.1) is 23.6 Å². The molecule has 1 saturated carbocycles. The van der Waals surface area contributed by atoms with Gasteiger partial charge in [-0.1, -0.05) is 0 Å². The van der Waals surface area contributed by atoms with Gasteiger partial charge in [0.25, 0.3) is 5.91 Å². The van der Waals surface area contributed by atoms with E-state index in [1.165, 1.54) is 0 Å². The Morgan fingerprint density at radius 1 is 1.15 bits per heavy atom. The van der Waals surface area contributed by atoms with E-state index in [1.54, 1.807) is 16.9 Å². The maximum atomic E-state index is 12.8. The molecule has 1 aliphatic carbocycles. The predicted molar refractivity (Wildman–Crippen MR) is 125 cm³/mol. The van der Waals surface area contributed by atoms with Crippen molar-refractivity contribution < 1.29 is 14.3 Å². The van der Waals surface area contributed by atoms with Crippen LogP contribution in [0.2, 0.25) is 0 Å². The Labute approximate surface area is 197 Å². The fourth-order valence-electron chi connectivity index (χ4n) is 4.53. The van der Waals surface area contributed by atoms with Crippen molar-refractivity contribution in [2.45, 2.75) is 64.0 Å². The Bertz CT molecular complexity index is 1220. The molecule has 1 aliphatic heterocycles. The molecule has 4 heterocycles. The molecule has 0 saturated heterocycles. The molecule has 3 aromatic rings. The molecule has 1 fully saturated rings. The number of hydrogen-bond acceptors (Lipinski definition) is 7. The first-order valence-corrected chi connectivity index (χ1v) is 11.7. The van der Waals surface area contributed by atoms with Crippen LogP contribution in [-0.4, -0.2) is 55.6 Å². The van der Waals surface area contributed by atoms with E-state index in [4.69, 9.17) is 9.84 Å². The Kier molecular flexibility index (Phi) is 5.62. The Hall–Kier alpha value is -3.63. The molecular weight excluding hydrogens is 436 g/mol. The second-order valence-corrected chi connectivity index (χ2v) is 9.87. The van der Waals surface area contributed by atoms with Crippen LogP contribution in [0.25, 0.3) is 5.52 Å². The monoisotopic (exact) mass is 466 g/mol. The summed E-state index contributed by atoms with van der Waals surface area (Å²) in [6.45, 7) is 7.06. The van der Waals surface area contributed by atoms with Crippen molar-refractivity contribution in [3.8, 4) is 0 Å². The standard InChI is InChI=1S/C23H30N8O3/c1-23(2,3)31-19-12-16(29-31)14-5-6-15(11-14)34-22(33)25-9-4-8-24-21(32)17-13-30-18(7-10-26-30)20(27-17)28-19/h7,10,12-15H,4-6,8-9,11H2,1-3H3,(H,24,32)(H,25,33)(H,27,28)/t14-,15+/m0/s1. The second-order valence-electron chi connectivity index (χ2n) is 9.87. The Balaban J connectivity index is 1.56. The number of amides is 2. The number of anilines is 2. The lowest BCUT2D eigenvalue weighted by molar-refractivity contribution is 0.0947. The van der Waals surface area contributed by atoms with Gasteiger partial charge in [0.15, 0.2) is 5.82 Å². The molecule has 3 aromatic heterocycles. The van der Waals surface area contributed by atoms with Crippen molar-refractivity contribution in [1.82, 2.24) is 35.0 Å². The molecule has 0 spiro atoms. The zero-order valence-electron chi connectivity index (χ0n) is 19.7. The van der Waals surface area contributed by atoms with Gasteiger partial charge in [0.2, 0.25) is 0 Å². The van der Waals surface area contributed by atoms with Crippen LogP contribution in [0.5, 0.6) is 0 Å². The lowest BCUT2D eigenvalue weighted by atomic mass is 10.0. The van der Waals surface area contributed by atoms with Crippen LogP contribution >= 0.6 is 0 Å². The minimum Gasteiger partial charge on any atom is -0.446 e. The molecule has 0 radical (unpaired) electrons. The van der Waals surface area contributed by atoms with Crippen LogP contribution in [0, 0.1) is 0 Å². The molecule has 6 bridgehead atoms. The van der Waals surface area contributed by atoms with Gasteiger partial charge in [-0.25, -0.2) is 19.0 Å². The van der Waals surface area contributed by atoms with Crippen molar-refractivity contribution in [2.75, 3.05) is 18.4 Å². The highest BCUT2D eigenvalue weighted by Crippen LogP contribution is 2.38.